The van der Waals surface area contributed by atoms with Crippen molar-refractivity contribution in [3.63, 3.8) is 0 Å². The highest BCUT2D eigenvalue weighted by Crippen LogP contribution is 2.44. The second kappa shape index (κ2) is 28.0. The molecule has 1 saturated heterocycles. The number of carbonyl (C=O) groups is 7. The summed E-state index contributed by atoms with van der Waals surface area (Å²) in [5.74, 6) is -4.73. The number of aliphatic carboxylic acids is 1. The number of likely N-dealkylation sites (tertiary alicyclic amines) is 1. The van der Waals surface area contributed by atoms with Gasteiger partial charge in [0.15, 0.2) is 5.96 Å². The Balaban J connectivity index is 0.886. The Kier molecular flexibility index (Phi) is 19.4. The van der Waals surface area contributed by atoms with Gasteiger partial charge in [0.05, 0.1) is 0 Å². The Morgan fingerprint density at radius 3 is 1.77 bits per heavy atom. The molecule has 0 unspecified atom stereocenters. The van der Waals surface area contributed by atoms with Crippen LogP contribution in [0.25, 0.3) is 32.9 Å². The number of aliphatic imine (C=N–C) groups is 1. The van der Waals surface area contributed by atoms with Crippen molar-refractivity contribution >= 4 is 69.4 Å². The Bertz CT molecular complexity index is 3540. The molecule has 86 heavy (non-hydrogen) atoms. The molecule has 0 bridgehead atoms. The maximum atomic E-state index is 15.4. The minimum atomic E-state index is -1.33. The SMILES string of the molecule is NC(N)=NCCC[C@@H](NC(=O)[C@H](Cc1c[nH]c2ccccc12)NC(=O)[C@@H](CC1CCCCC1)NC(=O)[C@@H]1CCCN1C(=O)[C@H](Cc1c[nH]c2ccccc12)NC(=O)[C@H](Cc1ccccc1)NC(=O)OCC1c2ccccc2-c2ccccc21)C(=O)O. The Labute approximate surface area is 498 Å². The number of carbonyl (C=O) groups excluding carboxylic acids is 6. The molecule has 12 N–H and O–H groups in total. The van der Waals surface area contributed by atoms with Crippen LogP contribution in [0.15, 0.2) is 145 Å². The predicted octanol–water partition coefficient (Wildman–Crippen LogP) is 6.62. The van der Waals surface area contributed by atoms with E-state index < -0.39 is 77.8 Å². The largest absolute Gasteiger partial charge is 0.480 e. The predicted molar refractivity (Wildman–Crippen MR) is 327 cm³/mol. The van der Waals surface area contributed by atoms with Crippen LogP contribution in [0.4, 0.5) is 4.79 Å². The van der Waals surface area contributed by atoms with Crippen LogP contribution < -0.4 is 38.1 Å². The standard InChI is InChI=1S/C66H75N11O9/c67-65(68)69-31-15-29-53(64(83)84)72-61(80)56(35-42-37-70-51-27-13-11-21-44(42)51)73-59(78)54(33-40-17-3-1-4-18-40)74-62(81)58-30-16-32-77(58)63(82)57(36-43-38-71-52-28-14-12-22-45(43)52)75-60(79)55(34-41-19-5-2-6-20-41)76-66(85)86-39-50-48-25-9-7-23-46(48)47-24-8-10-26-49(47)50/h2,5-14,19-28,37-38,40,50,53-58,70-71H,1,3-4,15-18,29-36,39H2,(H,72,80)(H,73,78)(H,74,81)(H,75,79)(H,76,85)(H,83,84)(H4,67,68,69)/t53-,54-,55+,56+,57+,58+/m1/s1. The quantitative estimate of drug-likeness (QED) is 0.0165. The topological polar surface area (TPSA) is 308 Å². The van der Waals surface area contributed by atoms with Crippen molar-refractivity contribution in [3.05, 3.63) is 168 Å². The van der Waals surface area contributed by atoms with Gasteiger partial charge in [0.1, 0.15) is 42.9 Å². The molecule has 2 aromatic heterocycles. The average molecular weight is 1170 g/mol. The van der Waals surface area contributed by atoms with Crippen molar-refractivity contribution in [2.45, 2.75) is 126 Å². The minimum absolute atomic E-state index is 0.00134. The van der Waals surface area contributed by atoms with Crippen LogP contribution in [0.5, 0.6) is 0 Å². The van der Waals surface area contributed by atoms with Gasteiger partial charge in [-0.25, -0.2) is 9.59 Å². The number of alkyl carbamates (subject to hydrolysis) is 1. The molecule has 0 spiro atoms. The van der Waals surface area contributed by atoms with Crippen LogP contribution in [-0.2, 0) is 52.8 Å². The Hall–Kier alpha value is -9.46. The smallest absolute Gasteiger partial charge is 0.407 e. The number of carboxylic acid groups (broad SMARTS) is 1. The molecule has 3 heterocycles. The van der Waals surface area contributed by atoms with E-state index in [1.807, 2.05) is 127 Å². The summed E-state index contributed by atoms with van der Waals surface area (Å²) in [5.41, 5.74) is 19.0. The molecule has 1 aliphatic heterocycles. The zero-order valence-corrected chi connectivity index (χ0v) is 48.0. The molecule has 5 aromatic carbocycles. The van der Waals surface area contributed by atoms with Crippen molar-refractivity contribution in [2.75, 3.05) is 19.7 Å². The van der Waals surface area contributed by atoms with Gasteiger partial charge in [0.25, 0.3) is 0 Å². The number of aromatic nitrogens is 2. The van der Waals surface area contributed by atoms with Crippen molar-refractivity contribution < 1.29 is 43.4 Å². The highest BCUT2D eigenvalue weighted by molar-refractivity contribution is 5.98. The summed E-state index contributed by atoms with van der Waals surface area (Å²) in [5, 5.41) is 26.3. The molecular weight excluding hydrogens is 1090 g/mol. The molecule has 1 saturated carbocycles. The van der Waals surface area contributed by atoms with E-state index in [4.69, 9.17) is 16.2 Å². The van der Waals surface area contributed by atoms with Gasteiger partial charge < -0.3 is 62.8 Å². The highest BCUT2D eigenvalue weighted by atomic mass is 16.5. The molecule has 2 fully saturated rings. The number of amides is 6. The van der Waals surface area contributed by atoms with Crippen LogP contribution in [0, 0.1) is 5.92 Å². The number of ether oxygens (including phenoxy) is 1. The minimum Gasteiger partial charge on any atom is -0.480 e. The molecule has 10 rings (SSSR count). The summed E-state index contributed by atoms with van der Waals surface area (Å²) in [6.07, 6.45) is 8.57. The first-order chi connectivity index (χ1) is 41.8. The number of H-pyrrole nitrogens is 2. The number of nitrogens with one attached hydrogen (secondary N) is 7. The van der Waals surface area contributed by atoms with Crippen LogP contribution in [-0.4, -0.2) is 123 Å². The number of guanidine groups is 1. The fourth-order valence-corrected chi connectivity index (χ4v) is 12.6. The normalized spacial score (nSPS) is 16.6. The summed E-state index contributed by atoms with van der Waals surface area (Å²) in [4.78, 5) is 113. The van der Waals surface area contributed by atoms with Gasteiger partial charge in [0.2, 0.25) is 29.5 Å². The lowest BCUT2D eigenvalue weighted by Gasteiger charge is -2.32. The maximum absolute atomic E-state index is 15.4. The van der Waals surface area contributed by atoms with Crippen LogP contribution in [0.1, 0.15) is 97.9 Å². The van der Waals surface area contributed by atoms with Crippen molar-refractivity contribution in [1.82, 2.24) is 41.5 Å². The van der Waals surface area contributed by atoms with Crippen molar-refractivity contribution in [1.29, 1.82) is 0 Å². The molecule has 0 radical (unpaired) electrons. The molecule has 2 aliphatic carbocycles. The van der Waals surface area contributed by atoms with Gasteiger partial charge in [-0.15, -0.1) is 0 Å². The number of benzene rings is 5. The van der Waals surface area contributed by atoms with Gasteiger partial charge >= 0.3 is 12.1 Å². The highest BCUT2D eigenvalue weighted by Gasteiger charge is 2.41. The monoisotopic (exact) mass is 1170 g/mol. The summed E-state index contributed by atoms with van der Waals surface area (Å²) in [6, 6.07) is 33.0. The molecule has 20 nitrogen and oxygen atoms in total. The first-order valence-corrected chi connectivity index (χ1v) is 29.8. The lowest BCUT2D eigenvalue weighted by atomic mass is 9.84. The summed E-state index contributed by atoms with van der Waals surface area (Å²) in [6.45, 7) is 0.327. The number of nitrogens with two attached hydrogens (primary N) is 2. The lowest BCUT2D eigenvalue weighted by Crippen LogP contribution is -2.60. The zero-order valence-electron chi connectivity index (χ0n) is 48.0. The van der Waals surface area contributed by atoms with E-state index in [-0.39, 0.29) is 82.4 Å². The van der Waals surface area contributed by atoms with Gasteiger partial charge in [-0.1, -0.05) is 147 Å². The number of nitrogens with zero attached hydrogens (tertiary/aromatic N) is 2. The van der Waals surface area contributed by atoms with E-state index in [2.05, 4.69) is 41.5 Å². The van der Waals surface area contributed by atoms with E-state index in [9.17, 15) is 33.9 Å². The van der Waals surface area contributed by atoms with Gasteiger partial charge in [-0.3, -0.25) is 29.0 Å². The Morgan fingerprint density at radius 2 is 1.14 bits per heavy atom. The maximum Gasteiger partial charge on any atom is 0.407 e. The number of carboxylic acids is 1. The lowest BCUT2D eigenvalue weighted by molar-refractivity contribution is -0.143. The van der Waals surface area contributed by atoms with E-state index in [1.165, 1.54) is 4.90 Å². The number of fused-ring (bicyclic) bond motifs is 5. The third-order valence-corrected chi connectivity index (χ3v) is 17.0. The van der Waals surface area contributed by atoms with Crippen LogP contribution in [0.3, 0.4) is 0 Å². The Morgan fingerprint density at radius 1 is 0.593 bits per heavy atom. The number of hydrogen-bond donors (Lipinski definition) is 10. The van der Waals surface area contributed by atoms with Gasteiger partial charge in [-0.05, 0) is 89.1 Å². The van der Waals surface area contributed by atoms with Gasteiger partial charge in [0, 0.05) is 72.5 Å². The number of hydrogen-bond acceptors (Lipinski definition) is 9. The molecular formula is C66H75N11O9. The molecule has 448 valence electrons. The average Bonchev–Trinajstić information content (AvgIpc) is 2.24. The van der Waals surface area contributed by atoms with Crippen molar-refractivity contribution in [3.8, 4) is 11.1 Å². The first-order valence-electron chi connectivity index (χ1n) is 29.8. The molecule has 7 aromatic rings. The molecule has 6 amide bonds. The fourth-order valence-electron chi connectivity index (χ4n) is 12.6. The van der Waals surface area contributed by atoms with E-state index in [0.29, 0.717) is 12.0 Å². The van der Waals surface area contributed by atoms with Crippen LogP contribution >= 0.6 is 0 Å². The van der Waals surface area contributed by atoms with Crippen molar-refractivity contribution in [2.24, 2.45) is 22.4 Å². The summed E-state index contributed by atoms with van der Waals surface area (Å²) in [7, 11) is 0. The van der Waals surface area contributed by atoms with Gasteiger partial charge in [-0.2, -0.15) is 0 Å². The zero-order chi connectivity index (χ0) is 60.1. The number of rotatable bonds is 25. The number of aromatic amines is 2. The fraction of sp³-hybridized carbons (Fsp3) is 0.364. The summed E-state index contributed by atoms with van der Waals surface area (Å²) >= 11 is 0. The first kappa shape index (κ1) is 59.7. The number of para-hydroxylation sites is 2. The van der Waals surface area contributed by atoms with Crippen LogP contribution in [0.2, 0.25) is 0 Å². The van der Waals surface area contributed by atoms with E-state index >= 15 is 4.79 Å². The second-order valence-corrected chi connectivity index (χ2v) is 22.8. The molecule has 20 heteroatoms. The third kappa shape index (κ3) is 14.5. The molecule has 3 aliphatic rings. The summed E-state index contributed by atoms with van der Waals surface area (Å²) < 4.78 is 5.94. The molecule has 6 atom stereocenters. The van der Waals surface area contributed by atoms with E-state index in [1.54, 1.807) is 12.4 Å². The van der Waals surface area contributed by atoms with E-state index in [0.717, 1.165) is 87.3 Å². The third-order valence-electron chi connectivity index (χ3n) is 17.0. The second-order valence-electron chi connectivity index (χ2n) is 22.8.